The molecule has 0 radical (unpaired) electrons. The Labute approximate surface area is 148 Å². The first-order valence-electron chi connectivity index (χ1n) is 7.83. The molecule has 0 saturated heterocycles. The van der Waals surface area contributed by atoms with Gasteiger partial charge in [0.1, 0.15) is 12.1 Å². The molecule has 24 heavy (non-hydrogen) atoms. The van der Waals surface area contributed by atoms with Crippen LogP contribution in [0.5, 0.6) is 11.5 Å². The van der Waals surface area contributed by atoms with Gasteiger partial charge >= 0.3 is 0 Å². The van der Waals surface area contributed by atoms with Crippen LogP contribution in [-0.2, 0) is 6.54 Å². The number of fused-ring (bicyclic) bond motifs is 2. The Bertz CT molecular complexity index is 885. The molecule has 1 N–H and O–H groups in total. The highest BCUT2D eigenvalue weighted by Crippen LogP contribution is 2.34. The van der Waals surface area contributed by atoms with Crippen molar-refractivity contribution in [2.75, 3.05) is 18.5 Å². The molecule has 5 nitrogen and oxygen atoms in total. The topological polar surface area (TPSA) is 56.3 Å². The minimum absolute atomic E-state index is 0.602. The molecule has 1 aliphatic rings. The predicted octanol–water partition coefficient (Wildman–Crippen LogP) is 4.17. The molecule has 0 saturated carbocycles. The molecule has 0 fully saturated rings. The van der Waals surface area contributed by atoms with E-state index in [1.807, 2.05) is 36.4 Å². The van der Waals surface area contributed by atoms with E-state index in [-0.39, 0.29) is 0 Å². The number of rotatable bonds is 3. The molecule has 4 rings (SSSR count). The molecule has 2 aromatic carbocycles. The highest BCUT2D eigenvalue weighted by atomic mass is 79.9. The number of hydrogen-bond donors (Lipinski definition) is 1. The summed E-state index contributed by atoms with van der Waals surface area (Å²) in [5.74, 6) is 2.43. The summed E-state index contributed by atoms with van der Waals surface area (Å²) in [6.07, 6.45) is 2.47. The lowest BCUT2D eigenvalue weighted by Crippen LogP contribution is -2.05. The van der Waals surface area contributed by atoms with Crippen molar-refractivity contribution in [1.82, 2.24) is 9.97 Å². The molecule has 0 spiro atoms. The van der Waals surface area contributed by atoms with Crippen molar-refractivity contribution in [1.29, 1.82) is 0 Å². The summed E-state index contributed by atoms with van der Waals surface area (Å²) in [6.45, 7) is 1.97. The van der Waals surface area contributed by atoms with Gasteiger partial charge in [0, 0.05) is 28.4 Å². The van der Waals surface area contributed by atoms with E-state index in [4.69, 9.17) is 9.47 Å². The zero-order chi connectivity index (χ0) is 16.4. The maximum absolute atomic E-state index is 5.87. The molecule has 3 aromatic rings. The fraction of sp³-hybridized carbons (Fsp3) is 0.222. The first-order chi connectivity index (χ1) is 11.8. The third-order valence-corrected chi connectivity index (χ3v) is 4.39. The van der Waals surface area contributed by atoms with Gasteiger partial charge in [-0.3, -0.25) is 0 Å². The SMILES string of the molecule is Brc1ccc2ncnc(NCc3cccc4c3OCCCO4)c2c1. The molecule has 0 bridgehead atoms. The van der Waals surface area contributed by atoms with Crippen LogP contribution in [0.4, 0.5) is 5.82 Å². The van der Waals surface area contributed by atoms with Crippen molar-refractivity contribution < 1.29 is 9.47 Å². The van der Waals surface area contributed by atoms with E-state index in [0.717, 1.165) is 44.7 Å². The zero-order valence-electron chi connectivity index (χ0n) is 13.0. The standard InChI is InChI=1S/C18H16BrN3O2/c19-13-5-6-15-14(9-13)18(22-11-21-15)20-10-12-3-1-4-16-17(12)24-8-2-7-23-16/h1,3-6,9,11H,2,7-8,10H2,(H,20,21,22). The second kappa shape index (κ2) is 6.65. The molecular formula is C18H16BrN3O2. The normalized spacial score (nSPS) is 13.5. The van der Waals surface area contributed by atoms with Crippen molar-refractivity contribution >= 4 is 32.7 Å². The maximum atomic E-state index is 5.87. The predicted molar refractivity (Wildman–Crippen MR) is 96.6 cm³/mol. The fourth-order valence-corrected chi connectivity index (χ4v) is 3.10. The van der Waals surface area contributed by atoms with Crippen molar-refractivity contribution in [3.05, 3.63) is 52.8 Å². The van der Waals surface area contributed by atoms with Crippen LogP contribution in [0.2, 0.25) is 0 Å². The smallest absolute Gasteiger partial charge is 0.166 e. The molecule has 0 aliphatic carbocycles. The molecule has 1 aliphatic heterocycles. The van der Waals surface area contributed by atoms with Gasteiger partial charge in [0.2, 0.25) is 0 Å². The fourth-order valence-electron chi connectivity index (χ4n) is 2.74. The third kappa shape index (κ3) is 3.01. The molecule has 2 heterocycles. The summed E-state index contributed by atoms with van der Waals surface area (Å²) < 4.78 is 12.6. The van der Waals surface area contributed by atoms with Gasteiger partial charge in [0.25, 0.3) is 0 Å². The summed E-state index contributed by atoms with van der Waals surface area (Å²) in [5.41, 5.74) is 1.96. The van der Waals surface area contributed by atoms with Crippen LogP contribution in [0.25, 0.3) is 10.9 Å². The Kier molecular flexibility index (Phi) is 4.21. The summed E-state index contributed by atoms with van der Waals surface area (Å²) in [4.78, 5) is 8.68. The zero-order valence-corrected chi connectivity index (χ0v) is 14.5. The Morgan fingerprint density at radius 3 is 2.96 bits per heavy atom. The van der Waals surface area contributed by atoms with Gasteiger partial charge < -0.3 is 14.8 Å². The van der Waals surface area contributed by atoms with Crippen LogP contribution in [-0.4, -0.2) is 23.2 Å². The number of nitrogens with zero attached hydrogens (tertiary/aromatic N) is 2. The molecule has 0 amide bonds. The number of nitrogens with one attached hydrogen (secondary N) is 1. The van der Waals surface area contributed by atoms with Gasteiger partial charge in [0.15, 0.2) is 11.5 Å². The summed E-state index contributed by atoms with van der Waals surface area (Å²) in [6, 6.07) is 11.9. The van der Waals surface area contributed by atoms with Gasteiger partial charge in [-0.1, -0.05) is 28.1 Å². The largest absolute Gasteiger partial charge is 0.490 e. The first kappa shape index (κ1) is 15.2. The van der Waals surface area contributed by atoms with Crippen molar-refractivity contribution in [2.45, 2.75) is 13.0 Å². The minimum atomic E-state index is 0.602. The van der Waals surface area contributed by atoms with Crippen molar-refractivity contribution in [2.24, 2.45) is 0 Å². The molecular weight excluding hydrogens is 370 g/mol. The molecule has 0 unspecified atom stereocenters. The van der Waals surface area contributed by atoms with E-state index in [1.54, 1.807) is 6.33 Å². The van der Waals surface area contributed by atoms with Crippen LogP contribution >= 0.6 is 15.9 Å². The number of aromatic nitrogens is 2. The Balaban J connectivity index is 1.63. The highest BCUT2D eigenvalue weighted by molar-refractivity contribution is 9.10. The second-order valence-corrected chi connectivity index (χ2v) is 6.45. The third-order valence-electron chi connectivity index (χ3n) is 3.90. The quantitative estimate of drug-likeness (QED) is 0.733. The Morgan fingerprint density at radius 1 is 1.08 bits per heavy atom. The average molecular weight is 386 g/mol. The summed E-state index contributed by atoms with van der Waals surface area (Å²) >= 11 is 3.50. The van der Waals surface area contributed by atoms with Crippen LogP contribution in [0.15, 0.2) is 47.2 Å². The molecule has 0 atom stereocenters. The molecule has 122 valence electrons. The van der Waals surface area contributed by atoms with Crippen LogP contribution in [0.1, 0.15) is 12.0 Å². The Morgan fingerprint density at radius 2 is 2.00 bits per heavy atom. The summed E-state index contributed by atoms with van der Waals surface area (Å²) in [5, 5.41) is 4.37. The van der Waals surface area contributed by atoms with E-state index in [2.05, 4.69) is 31.2 Å². The first-order valence-corrected chi connectivity index (χ1v) is 8.62. The lowest BCUT2D eigenvalue weighted by molar-refractivity contribution is 0.296. The average Bonchev–Trinajstić information content (AvgIpc) is 2.85. The van der Waals surface area contributed by atoms with Gasteiger partial charge in [-0.2, -0.15) is 0 Å². The number of benzene rings is 2. The van der Waals surface area contributed by atoms with Crippen molar-refractivity contribution in [3.63, 3.8) is 0 Å². The van der Waals surface area contributed by atoms with Gasteiger partial charge in [0.05, 0.1) is 18.7 Å². The lowest BCUT2D eigenvalue weighted by atomic mass is 10.1. The number of halogens is 1. The van der Waals surface area contributed by atoms with E-state index < -0.39 is 0 Å². The molecule has 1 aromatic heterocycles. The van der Waals surface area contributed by atoms with Crippen LogP contribution in [0.3, 0.4) is 0 Å². The molecule has 6 heteroatoms. The summed E-state index contributed by atoms with van der Waals surface area (Å²) in [7, 11) is 0. The van der Waals surface area contributed by atoms with Crippen LogP contribution < -0.4 is 14.8 Å². The van der Waals surface area contributed by atoms with E-state index in [9.17, 15) is 0 Å². The monoisotopic (exact) mass is 385 g/mol. The lowest BCUT2D eigenvalue weighted by Gasteiger charge is -2.14. The van der Waals surface area contributed by atoms with E-state index in [0.29, 0.717) is 19.8 Å². The Hall–Kier alpha value is -2.34. The maximum Gasteiger partial charge on any atom is 0.166 e. The number of para-hydroxylation sites is 1. The van der Waals surface area contributed by atoms with Gasteiger partial charge in [-0.25, -0.2) is 9.97 Å². The van der Waals surface area contributed by atoms with E-state index >= 15 is 0 Å². The van der Waals surface area contributed by atoms with Crippen LogP contribution in [0, 0.1) is 0 Å². The second-order valence-electron chi connectivity index (χ2n) is 5.53. The van der Waals surface area contributed by atoms with Gasteiger partial charge in [-0.15, -0.1) is 0 Å². The number of ether oxygens (including phenoxy) is 2. The number of hydrogen-bond acceptors (Lipinski definition) is 5. The van der Waals surface area contributed by atoms with E-state index in [1.165, 1.54) is 0 Å². The van der Waals surface area contributed by atoms with Crippen molar-refractivity contribution in [3.8, 4) is 11.5 Å². The van der Waals surface area contributed by atoms with Gasteiger partial charge in [-0.05, 0) is 24.3 Å². The highest BCUT2D eigenvalue weighted by Gasteiger charge is 2.14. The number of anilines is 1. The minimum Gasteiger partial charge on any atom is -0.490 e.